The molecule has 7 heteroatoms. The molecule has 0 amide bonds. The largest absolute Gasteiger partial charge is 0.379 e. The Morgan fingerprint density at radius 1 is 1.12 bits per heavy atom. The first-order valence-electron chi connectivity index (χ1n) is 7.90. The SMILES string of the molecule is Cc1cccc(NCc2ccc(S(=O)(=O)N3CCOCC3)cc2)n1. The predicted molar refractivity (Wildman–Crippen MR) is 92.3 cm³/mol. The number of anilines is 1. The lowest BCUT2D eigenvalue weighted by molar-refractivity contribution is 0.0730. The molecule has 1 aliphatic heterocycles. The predicted octanol–water partition coefficient (Wildman–Crippen LogP) is 2.02. The highest BCUT2D eigenvalue weighted by molar-refractivity contribution is 7.89. The third-order valence-electron chi connectivity index (χ3n) is 3.89. The van der Waals surface area contributed by atoms with Crippen LogP contribution in [0.3, 0.4) is 0 Å². The molecule has 0 bridgehead atoms. The molecule has 128 valence electrons. The maximum absolute atomic E-state index is 12.6. The van der Waals surface area contributed by atoms with Crippen molar-refractivity contribution in [2.24, 2.45) is 0 Å². The van der Waals surface area contributed by atoms with Gasteiger partial charge in [0.1, 0.15) is 5.82 Å². The summed E-state index contributed by atoms with van der Waals surface area (Å²) in [6.07, 6.45) is 0. The van der Waals surface area contributed by atoms with Gasteiger partial charge in [-0.05, 0) is 36.8 Å². The van der Waals surface area contributed by atoms with Crippen molar-refractivity contribution < 1.29 is 13.2 Å². The summed E-state index contributed by atoms with van der Waals surface area (Å²) in [4.78, 5) is 4.70. The van der Waals surface area contributed by atoms with E-state index in [1.807, 2.05) is 37.3 Å². The van der Waals surface area contributed by atoms with Gasteiger partial charge in [-0.1, -0.05) is 18.2 Å². The minimum atomic E-state index is -3.43. The van der Waals surface area contributed by atoms with Gasteiger partial charge in [0.25, 0.3) is 0 Å². The molecule has 0 radical (unpaired) electrons. The summed E-state index contributed by atoms with van der Waals surface area (Å²) in [6, 6.07) is 12.8. The van der Waals surface area contributed by atoms with Crippen LogP contribution < -0.4 is 5.32 Å². The summed E-state index contributed by atoms with van der Waals surface area (Å²) in [5.74, 6) is 0.806. The van der Waals surface area contributed by atoms with Crippen molar-refractivity contribution in [1.29, 1.82) is 0 Å². The molecule has 0 saturated carbocycles. The number of aromatic nitrogens is 1. The number of nitrogens with one attached hydrogen (secondary N) is 1. The van der Waals surface area contributed by atoms with Crippen LogP contribution in [0, 0.1) is 6.92 Å². The quantitative estimate of drug-likeness (QED) is 0.896. The molecule has 1 N–H and O–H groups in total. The lowest BCUT2D eigenvalue weighted by Gasteiger charge is -2.26. The molecule has 2 heterocycles. The van der Waals surface area contributed by atoms with Crippen LogP contribution in [-0.2, 0) is 21.3 Å². The van der Waals surface area contributed by atoms with Gasteiger partial charge in [0, 0.05) is 25.3 Å². The number of ether oxygens (including phenoxy) is 1. The zero-order valence-corrected chi connectivity index (χ0v) is 14.4. The number of nitrogens with zero attached hydrogens (tertiary/aromatic N) is 2. The molecular weight excluding hydrogens is 326 g/mol. The second-order valence-electron chi connectivity index (χ2n) is 5.68. The smallest absolute Gasteiger partial charge is 0.243 e. The number of sulfonamides is 1. The summed E-state index contributed by atoms with van der Waals surface area (Å²) < 4.78 is 31.8. The van der Waals surface area contributed by atoms with E-state index in [1.165, 1.54) is 4.31 Å². The number of aryl methyl sites for hydroxylation is 1. The first-order chi connectivity index (χ1) is 11.6. The molecule has 0 aliphatic carbocycles. The second kappa shape index (κ2) is 7.29. The summed E-state index contributed by atoms with van der Waals surface area (Å²) in [6.45, 7) is 4.25. The van der Waals surface area contributed by atoms with E-state index in [-0.39, 0.29) is 0 Å². The van der Waals surface area contributed by atoms with Crippen molar-refractivity contribution in [3.8, 4) is 0 Å². The van der Waals surface area contributed by atoms with Gasteiger partial charge in [0.15, 0.2) is 0 Å². The molecule has 1 fully saturated rings. The zero-order chi connectivity index (χ0) is 17.0. The summed E-state index contributed by atoms with van der Waals surface area (Å²) in [5, 5.41) is 3.24. The van der Waals surface area contributed by atoms with Crippen LogP contribution in [0.5, 0.6) is 0 Å². The lowest BCUT2D eigenvalue weighted by atomic mass is 10.2. The van der Waals surface area contributed by atoms with Gasteiger partial charge < -0.3 is 10.1 Å². The van der Waals surface area contributed by atoms with E-state index in [0.717, 1.165) is 17.1 Å². The van der Waals surface area contributed by atoms with Gasteiger partial charge in [-0.2, -0.15) is 4.31 Å². The fourth-order valence-electron chi connectivity index (χ4n) is 2.55. The average molecular weight is 347 g/mol. The first kappa shape index (κ1) is 16.9. The van der Waals surface area contributed by atoms with Crippen LogP contribution in [-0.4, -0.2) is 44.0 Å². The van der Waals surface area contributed by atoms with Gasteiger partial charge >= 0.3 is 0 Å². The van der Waals surface area contributed by atoms with E-state index in [4.69, 9.17) is 4.74 Å². The third kappa shape index (κ3) is 3.92. The van der Waals surface area contributed by atoms with Crippen LogP contribution in [0.2, 0.25) is 0 Å². The van der Waals surface area contributed by atoms with E-state index in [1.54, 1.807) is 12.1 Å². The normalized spacial score (nSPS) is 16.0. The maximum atomic E-state index is 12.6. The summed E-state index contributed by atoms with van der Waals surface area (Å²) in [5.41, 5.74) is 1.95. The highest BCUT2D eigenvalue weighted by Gasteiger charge is 2.25. The molecule has 6 nitrogen and oxygen atoms in total. The van der Waals surface area contributed by atoms with Crippen molar-refractivity contribution in [3.05, 3.63) is 53.7 Å². The first-order valence-corrected chi connectivity index (χ1v) is 9.34. The van der Waals surface area contributed by atoms with E-state index in [9.17, 15) is 8.42 Å². The van der Waals surface area contributed by atoms with Crippen LogP contribution in [0.4, 0.5) is 5.82 Å². The van der Waals surface area contributed by atoms with Gasteiger partial charge in [0.05, 0.1) is 18.1 Å². The standard InChI is InChI=1S/C17H21N3O3S/c1-14-3-2-4-17(19-14)18-13-15-5-7-16(8-6-15)24(21,22)20-9-11-23-12-10-20/h2-8H,9-13H2,1H3,(H,18,19). The molecule has 1 saturated heterocycles. The molecule has 0 spiro atoms. The Morgan fingerprint density at radius 2 is 1.83 bits per heavy atom. The Labute approximate surface area is 142 Å². The van der Waals surface area contributed by atoms with Crippen molar-refractivity contribution >= 4 is 15.8 Å². The van der Waals surface area contributed by atoms with Crippen molar-refractivity contribution in [3.63, 3.8) is 0 Å². The van der Waals surface area contributed by atoms with E-state index in [0.29, 0.717) is 37.7 Å². The summed E-state index contributed by atoms with van der Waals surface area (Å²) >= 11 is 0. The van der Waals surface area contributed by atoms with Crippen molar-refractivity contribution in [2.75, 3.05) is 31.6 Å². The number of rotatable bonds is 5. The number of hydrogen-bond donors (Lipinski definition) is 1. The number of benzene rings is 1. The molecule has 1 aromatic heterocycles. The maximum Gasteiger partial charge on any atom is 0.243 e. The molecular formula is C17H21N3O3S. The van der Waals surface area contributed by atoms with Gasteiger partial charge in [0.2, 0.25) is 10.0 Å². The summed E-state index contributed by atoms with van der Waals surface area (Å²) in [7, 11) is -3.43. The Kier molecular flexibility index (Phi) is 5.13. The van der Waals surface area contributed by atoms with E-state index < -0.39 is 10.0 Å². The van der Waals surface area contributed by atoms with Crippen LogP contribution in [0.1, 0.15) is 11.3 Å². The highest BCUT2D eigenvalue weighted by atomic mass is 32.2. The molecule has 1 aromatic carbocycles. The van der Waals surface area contributed by atoms with Crippen LogP contribution in [0.25, 0.3) is 0 Å². The minimum absolute atomic E-state index is 0.321. The second-order valence-corrected chi connectivity index (χ2v) is 7.62. The topological polar surface area (TPSA) is 71.5 Å². The van der Waals surface area contributed by atoms with Gasteiger partial charge in [-0.25, -0.2) is 13.4 Å². The highest BCUT2D eigenvalue weighted by Crippen LogP contribution is 2.18. The number of morpholine rings is 1. The van der Waals surface area contributed by atoms with Crippen LogP contribution in [0.15, 0.2) is 47.4 Å². The Hall–Kier alpha value is -1.96. The fourth-order valence-corrected chi connectivity index (χ4v) is 3.96. The monoisotopic (exact) mass is 347 g/mol. The molecule has 0 atom stereocenters. The third-order valence-corrected chi connectivity index (χ3v) is 5.81. The van der Waals surface area contributed by atoms with E-state index >= 15 is 0 Å². The average Bonchev–Trinajstić information content (AvgIpc) is 2.61. The van der Waals surface area contributed by atoms with E-state index in [2.05, 4.69) is 10.3 Å². The Bertz CT molecular complexity index is 785. The molecule has 0 unspecified atom stereocenters. The minimum Gasteiger partial charge on any atom is -0.379 e. The van der Waals surface area contributed by atoms with Crippen molar-refractivity contribution in [1.82, 2.24) is 9.29 Å². The Morgan fingerprint density at radius 3 is 2.50 bits per heavy atom. The van der Waals surface area contributed by atoms with Crippen LogP contribution >= 0.6 is 0 Å². The number of pyridine rings is 1. The fraction of sp³-hybridized carbons (Fsp3) is 0.353. The Balaban J connectivity index is 1.66. The van der Waals surface area contributed by atoms with Gasteiger partial charge in [-0.3, -0.25) is 0 Å². The zero-order valence-electron chi connectivity index (χ0n) is 13.6. The molecule has 24 heavy (non-hydrogen) atoms. The molecule has 2 aromatic rings. The number of hydrogen-bond acceptors (Lipinski definition) is 5. The lowest BCUT2D eigenvalue weighted by Crippen LogP contribution is -2.40. The molecule has 3 rings (SSSR count). The van der Waals surface area contributed by atoms with Crippen molar-refractivity contribution in [2.45, 2.75) is 18.4 Å². The van der Waals surface area contributed by atoms with Gasteiger partial charge in [-0.15, -0.1) is 0 Å². The molecule has 1 aliphatic rings.